The van der Waals surface area contributed by atoms with Crippen LogP contribution in [0.2, 0.25) is 0 Å². The number of rotatable bonds is 2. The fraction of sp³-hybridized carbons (Fsp3) is 0.130. The van der Waals surface area contributed by atoms with Crippen molar-refractivity contribution >= 4 is 60.9 Å². The van der Waals surface area contributed by atoms with Gasteiger partial charge >= 0.3 is 5.63 Å². The molecule has 1 aliphatic rings. The molecule has 3 heterocycles. The first kappa shape index (κ1) is 19.8. The minimum atomic E-state index is -0.398. The van der Waals surface area contributed by atoms with Gasteiger partial charge < -0.3 is 24.6 Å². The summed E-state index contributed by atoms with van der Waals surface area (Å²) in [6, 6.07) is 10.1. The maximum Gasteiger partial charge on any atom is 0.336 e. The van der Waals surface area contributed by atoms with Crippen LogP contribution in [0, 0.1) is 13.8 Å². The highest BCUT2D eigenvalue weighted by atomic mass is 79.9. The van der Waals surface area contributed by atoms with Gasteiger partial charge in [0.1, 0.15) is 16.9 Å². The number of furan rings is 1. The SMILES string of the molecule is Cc1cc(=O)oc2c1ccc1oc(C3=CC(c4cc(Br)ccc4O)NC(=S)N3)c(C)c12. The number of benzene rings is 2. The van der Waals surface area contributed by atoms with E-state index in [1.807, 2.05) is 38.1 Å². The van der Waals surface area contributed by atoms with Crippen LogP contribution in [-0.2, 0) is 0 Å². The first-order valence-electron chi connectivity index (χ1n) is 9.56. The molecule has 1 atom stereocenters. The Bertz CT molecular complexity index is 1480. The van der Waals surface area contributed by atoms with Crippen molar-refractivity contribution in [1.29, 1.82) is 0 Å². The molecule has 1 unspecified atom stereocenters. The van der Waals surface area contributed by atoms with E-state index in [9.17, 15) is 9.90 Å². The smallest absolute Gasteiger partial charge is 0.336 e. The molecule has 0 saturated heterocycles. The molecule has 1 aliphatic heterocycles. The van der Waals surface area contributed by atoms with Gasteiger partial charge in [-0.2, -0.15) is 0 Å². The fourth-order valence-corrected chi connectivity index (χ4v) is 4.60. The lowest BCUT2D eigenvalue weighted by molar-refractivity contribution is 0.463. The van der Waals surface area contributed by atoms with Gasteiger partial charge in [0.2, 0.25) is 0 Å². The molecule has 0 fully saturated rings. The number of phenolic OH excluding ortho intramolecular Hbond substituents is 1. The minimum Gasteiger partial charge on any atom is -0.508 e. The third kappa shape index (κ3) is 3.32. The third-order valence-electron chi connectivity index (χ3n) is 5.45. The molecule has 156 valence electrons. The first-order valence-corrected chi connectivity index (χ1v) is 10.8. The quantitative estimate of drug-likeness (QED) is 0.260. The molecule has 4 aromatic rings. The maximum atomic E-state index is 12.0. The second-order valence-electron chi connectivity index (χ2n) is 7.48. The topological polar surface area (TPSA) is 87.6 Å². The summed E-state index contributed by atoms with van der Waals surface area (Å²) >= 11 is 8.86. The standard InChI is InChI=1S/C23H17BrN2O4S/c1-10-7-19(28)30-22-13(10)4-6-18-20(22)11(2)21(29-18)16-9-15(25-23(31)26-16)14-8-12(24)3-5-17(14)27/h3-9,15,27H,1-2H3,(H2,25,26,31). The zero-order chi connectivity index (χ0) is 21.9. The van der Waals surface area contributed by atoms with Gasteiger partial charge in [0.05, 0.1) is 17.1 Å². The van der Waals surface area contributed by atoms with Crippen LogP contribution >= 0.6 is 28.1 Å². The Kier molecular flexibility index (Phi) is 4.64. The van der Waals surface area contributed by atoms with E-state index in [-0.39, 0.29) is 11.8 Å². The average Bonchev–Trinajstić information content (AvgIpc) is 3.06. The summed E-state index contributed by atoms with van der Waals surface area (Å²) in [7, 11) is 0. The molecular weight excluding hydrogens is 480 g/mol. The second kappa shape index (κ2) is 7.25. The lowest BCUT2D eigenvalue weighted by atomic mass is 10.0. The Labute approximate surface area is 190 Å². The molecule has 0 bridgehead atoms. The minimum absolute atomic E-state index is 0.158. The van der Waals surface area contributed by atoms with Crippen molar-refractivity contribution in [3.05, 3.63) is 79.8 Å². The zero-order valence-corrected chi connectivity index (χ0v) is 19.0. The maximum absolute atomic E-state index is 12.0. The van der Waals surface area contributed by atoms with Crippen LogP contribution in [0.15, 0.2) is 60.6 Å². The van der Waals surface area contributed by atoms with Gasteiger partial charge in [-0.15, -0.1) is 0 Å². The van der Waals surface area contributed by atoms with Gasteiger partial charge in [0.15, 0.2) is 10.9 Å². The van der Waals surface area contributed by atoms with Crippen LogP contribution in [0.3, 0.4) is 0 Å². The van der Waals surface area contributed by atoms with E-state index in [0.717, 1.165) is 26.4 Å². The highest BCUT2D eigenvalue weighted by Crippen LogP contribution is 2.37. The summed E-state index contributed by atoms with van der Waals surface area (Å²) in [5.41, 5.74) is 3.75. The van der Waals surface area contributed by atoms with Crippen LogP contribution in [0.5, 0.6) is 5.75 Å². The second-order valence-corrected chi connectivity index (χ2v) is 8.80. The highest BCUT2D eigenvalue weighted by molar-refractivity contribution is 9.10. The van der Waals surface area contributed by atoms with Gasteiger partial charge in [-0.05, 0) is 68.0 Å². The third-order valence-corrected chi connectivity index (χ3v) is 6.16. The van der Waals surface area contributed by atoms with Gasteiger partial charge in [-0.25, -0.2) is 4.79 Å². The van der Waals surface area contributed by atoms with Crippen molar-refractivity contribution in [3.63, 3.8) is 0 Å². The molecule has 8 heteroatoms. The normalized spacial score (nSPS) is 16.3. The number of aryl methyl sites for hydroxylation is 2. The Morgan fingerprint density at radius 2 is 1.94 bits per heavy atom. The van der Waals surface area contributed by atoms with E-state index in [0.29, 0.717) is 33.3 Å². The van der Waals surface area contributed by atoms with E-state index < -0.39 is 5.63 Å². The van der Waals surface area contributed by atoms with E-state index in [1.54, 1.807) is 12.1 Å². The van der Waals surface area contributed by atoms with Crippen molar-refractivity contribution in [1.82, 2.24) is 10.6 Å². The lowest BCUT2D eigenvalue weighted by Gasteiger charge is -2.26. The van der Waals surface area contributed by atoms with Crippen molar-refractivity contribution < 1.29 is 13.9 Å². The Hall–Kier alpha value is -3.10. The number of hydrogen-bond acceptors (Lipinski definition) is 5. The summed E-state index contributed by atoms with van der Waals surface area (Å²) in [4.78, 5) is 12.0. The summed E-state index contributed by atoms with van der Waals surface area (Å²) in [6.07, 6.45) is 1.91. The lowest BCUT2D eigenvalue weighted by Crippen LogP contribution is -2.40. The Morgan fingerprint density at radius 1 is 1.13 bits per heavy atom. The van der Waals surface area contributed by atoms with Crippen LogP contribution in [-0.4, -0.2) is 10.2 Å². The number of halogens is 1. The number of fused-ring (bicyclic) bond motifs is 3. The molecule has 0 spiro atoms. The molecular formula is C23H17BrN2O4S. The van der Waals surface area contributed by atoms with Crippen molar-refractivity contribution in [3.8, 4) is 5.75 Å². The predicted octanol–water partition coefficient (Wildman–Crippen LogP) is 5.18. The van der Waals surface area contributed by atoms with Gasteiger partial charge in [-0.1, -0.05) is 15.9 Å². The molecule has 0 radical (unpaired) electrons. The molecule has 3 N–H and O–H groups in total. The van der Waals surface area contributed by atoms with Crippen LogP contribution < -0.4 is 16.3 Å². The predicted molar refractivity (Wildman–Crippen MR) is 127 cm³/mol. The fourth-order valence-electron chi connectivity index (χ4n) is 3.99. The van der Waals surface area contributed by atoms with Crippen molar-refractivity contribution in [2.75, 3.05) is 0 Å². The Balaban J connectivity index is 1.71. The van der Waals surface area contributed by atoms with Crippen LogP contribution in [0.4, 0.5) is 0 Å². The van der Waals surface area contributed by atoms with Crippen LogP contribution in [0.25, 0.3) is 27.6 Å². The van der Waals surface area contributed by atoms with E-state index in [2.05, 4.69) is 26.6 Å². The number of thiocarbonyl (C=S) groups is 1. The van der Waals surface area contributed by atoms with Gasteiger partial charge in [-0.3, -0.25) is 0 Å². The average molecular weight is 497 g/mol. The number of aromatic hydroxyl groups is 1. The van der Waals surface area contributed by atoms with Crippen LogP contribution in [0.1, 0.15) is 28.5 Å². The molecule has 2 aromatic heterocycles. The summed E-state index contributed by atoms with van der Waals surface area (Å²) in [5.74, 6) is 0.751. The molecule has 2 aromatic carbocycles. The molecule has 6 nitrogen and oxygen atoms in total. The largest absolute Gasteiger partial charge is 0.508 e. The summed E-state index contributed by atoms with van der Waals surface area (Å²) in [5, 5.41) is 18.7. The van der Waals surface area contributed by atoms with Gasteiger partial charge in [0.25, 0.3) is 0 Å². The number of phenols is 1. The molecule has 5 rings (SSSR count). The van der Waals surface area contributed by atoms with Gasteiger partial charge in [0, 0.05) is 27.1 Å². The number of hydrogen-bond donors (Lipinski definition) is 3. The summed E-state index contributed by atoms with van der Waals surface area (Å²) < 4.78 is 12.6. The number of nitrogens with one attached hydrogen (secondary N) is 2. The molecule has 31 heavy (non-hydrogen) atoms. The molecule has 0 amide bonds. The van der Waals surface area contributed by atoms with Crippen molar-refractivity contribution in [2.24, 2.45) is 0 Å². The zero-order valence-electron chi connectivity index (χ0n) is 16.6. The highest BCUT2D eigenvalue weighted by Gasteiger charge is 2.25. The Morgan fingerprint density at radius 3 is 2.74 bits per heavy atom. The van der Waals surface area contributed by atoms with E-state index in [1.165, 1.54) is 6.07 Å². The van der Waals surface area contributed by atoms with E-state index >= 15 is 0 Å². The molecule has 0 saturated carbocycles. The van der Waals surface area contributed by atoms with Crippen molar-refractivity contribution in [2.45, 2.75) is 19.9 Å². The van der Waals surface area contributed by atoms with E-state index in [4.69, 9.17) is 21.1 Å². The monoisotopic (exact) mass is 496 g/mol. The molecule has 0 aliphatic carbocycles. The first-order chi connectivity index (χ1) is 14.8. The summed E-state index contributed by atoms with van der Waals surface area (Å²) in [6.45, 7) is 3.80.